The molecule has 1 unspecified atom stereocenters. The molecule has 3 nitrogen and oxygen atoms in total. The molecule has 0 fully saturated rings. The molecule has 0 radical (unpaired) electrons. The summed E-state index contributed by atoms with van der Waals surface area (Å²) in [5.74, 6) is -0.192. The molecule has 22 heavy (non-hydrogen) atoms. The van der Waals surface area contributed by atoms with E-state index in [1.165, 1.54) is 30.9 Å². The minimum absolute atomic E-state index is 0.213. The largest absolute Gasteiger partial charge is 0.496 e. The molecule has 0 saturated carbocycles. The van der Waals surface area contributed by atoms with E-state index >= 15 is 0 Å². The van der Waals surface area contributed by atoms with E-state index in [2.05, 4.69) is 12.2 Å². The average Bonchev–Trinajstić information content (AvgIpc) is 2.56. The second-order valence-electron chi connectivity index (χ2n) is 5.07. The minimum Gasteiger partial charge on any atom is -0.496 e. The summed E-state index contributed by atoms with van der Waals surface area (Å²) in [7, 11) is 1.46. The van der Waals surface area contributed by atoms with Gasteiger partial charge in [0.25, 0.3) is 5.91 Å². The van der Waals surface area contributed by atoms with Crippen LogP contribution in [0.5, 0.6) is 5.75 Å². The molecule has 0 aliphatic carbocycles. The first-order chi connectivity index (χ1) is 10.7. The predicted molar refractivity (Wildman–Crippen MR) is 84.8 cm³/mol. The van der Waals surface area contributed by atoms with Crippen LogP contribution in [0.3, 0.4) is 0 Å². The van der Waals surface area contributed by atoms with Gasteiger partial charge in [-0.05, 0) is 30.2 Å². The molecule has 0 spiro atoms. The zero-order valence-electron chi connectivity index (χ0n) is 12.8. The van der Waals surface area contributed by atoms with Gasteiger partial charge in [-0.1, -0.05) is 37.3 Å². The first-order valence-corrected chi connectivity index (χ1v) is 7.32. The number of hydrogen-bond acceptors (Lipinski definition) is 2. The monoisotopic (exact) mass is 301 g/mol. The van der Waals surface area contributed by atoms with Gasteiger partial charge in [-0.3, -0.25) is 4.79 Å². The van der Waals surface area contributed by atoms with Crippen molar-refractivity contribution in [3.05, 3.63) is 65.5 Å². The van der Waals surface area contributed by atoms with Crippen molar-refractivity contribution < 1.29 is 13.9 Å². The van der Waals surface area contributed by atoms with Crippen LogP contribution in [-0.4, -0.2) is 19.6 Å². The molecule has 0 bridgehead atoms. The minimum atomic E-state index is -0.457. The molecule has 0 aromatic heterocycles. The fourth-order valence-corrected chi connectivity index (χ4v) is 2.39. The Kier molecular flexibility index (Phi) is 5.53. The third kappa shape index (κ3) is 3.85. The maximum absolute atomic E-state index is 13.3. The number of ether oxygens (including phenoxy) is 1. The lowest BCUT2D eigenvalue weighted by Gasteiger charge is -2.17. The second kappa shape index (κ2) is 7.59. The number of nitrogens with one attached hydrogen (secondary N) is 1. The van der Waals surface area contributed by atoms with Gasteiger partial charge in [0.1, 0.15) is 11.6 Å². The molecule has 1 atom stereocenters. The van der Waals surface area contributed by atoms with Crippen LogP contribution in [0, 0.1) is 5.82 Å². The van der Waals surface area contributed by atoms with Gasteiger partial charge < -0.3 is 10.1 Å². The van der Waals surface area contributed by atoms with Crippen molar-refractivity contribution in [2.75, 3.05) is 13.7 Å². The van der Waals surface area contributed by atoms with Gasteiger partial charge in [-0.2, -0.15) is 0 Å². The Labute approximate surface area is 130 Å². The normalized spacial score (nSPS) is 11.8. The molecular weight excluding hydrogens is 281 g/mol. The van der Waals surface area contributed by atoms with E-state index in [1.54, 1.807) is 0 Å². The molecule has 1 N–H and O–H groups in total. The van der Waals surface area contributed by atoms with E-state index in [0.717, 1.165) is 6.42 Å². The van der Waals surface area contributed by atoms with Crippen LogP contribution in [0.15, 0.2) is 48.5 Å². The number of benzene rings is 2. The van der Waals surface area contributed by atoms with Gasteiger partial charge in [0.15, 0.2) is 0 Å². The van der Waals surface area contributed by atoms with E-state index in [4.69, 9.17) is 4.74 Å². The summed E-state index contributed by atoms with van der Waals surface area (Å²) in [4.78, 5) is 12.3. The number of halogens is 1. The lowest BCUT2D eigenvalue weighted by molar-refractivity contribution is 0.0947. The molecular formula is C18H20FNO2. The zero-order chi connectivity index (χ0) is 15.9. The van der Waals surface area contributed by atoms with Gasteiger partial charge in [-0.15, -0.1) is 0 Å². The highest BCUT2D eigenvalue weighted by atomic mass is 19.1. The topological polar surface area (TPSA) is 38.3 Å². The highest BCUT2D eigenvalue weighted by Gasteiger charge is 2.15. The molecule has 1 amide bonds. The van der Waals surface area contributed by atoms with Crippen molar-refractivity contribution in [1.82, 2.24) is 5.32 Å². The molecule has 0 saturated heterocycles. The smallest absolute Gasteiger partial charge is 0.255 e. The number of amides is 1. The van der Waals surface area contributed by atoms with Crippen LogP contribution in [0.2, 0.25) is 0 Å². The van der Waals surface area contributed by atoms with Gasteiger partial charge in [-0.25, -0.2) is 4.39 Å². The van der Waals surface area contributed by atoms with E-state index in [-0.39, 0.29) is 17.4 Å². The summed E-state index contributed by atoms with van der Waals surface area (Å²) < 4.78 is 18.5. The van der Waals surface area contributed by atoms with Crippen molar-refractivity contribution in [3.8, 4) is 5.75 Å². The lowest BCUT2D eigenvalue weighted by atomic mass is 9.96. The first kappa shape index (κ1) is 16.0. The van der Waals surface area contributed by atoms with Crippen molar-refractivity contribution in [1.29, 1.82) is 0 Å². The van der Waals surface area contributed by atoms with E-state index in [0.29, 0.717) is 12.3 Å². The molecule has 116 valence electrons. The van der Waals surface area contributed by atoms with Gasteiger partial charge >= 0.3 is 0 Å². The summed E-state index contributed by atoms with van der Waals surface area (Å²) in [6.07, 6.45) is 0.907. The van der Waals surface area contributed by atoms with Crippen LogP contribution >= 0.6 is 0 Å². The Morgan fingerprint density at radius 2 is 1.95 bits per heavy atom. The molecule has 0 aliphatic rings. The standard InChI is InChI=1S/C18H20FNO2/c1-3-13(14-7-5-4-6-8-14)12-20-18(21)16-11-15(19)9-10-17(16)22-2/h4-11,13H,3,12H2,1-2H3,(H,20,21). The maximum atomic E-state index is 13.3. The zero-order valence-corrected chi connectivity index (χ0v) is 12.8. The molecule has 0 aliphatic heterocycles. The van der Waals surface area contributed by atoms with Gasteiger partial charge in [0.05, 0.1) is 12.7 Å². The lowest BCUT2D eigenvalue weighted by Crippen LogP contribution is -2.28. The molecule has 4 heteroatoms. The van der Waals surface area contributed by atoms with Crippen LogP contribution in [0.4, 0.5) is 4.39 Å². The Balaban J connectivity index is 2.07. The van der Waals surface area contributed by atoms with Crippen LogP contribution < -0.4 is 10.1 Å². The Bertz CT molecular complexity index is 628. The number of carbonyl (C=O) groups excluding carboxylic acids is 1. The third-order valence-electron chi connectivity index (χ3n) is 3.68. The number of rotatable bonds is 6. The summed E-state index contributed by atoms with van der Waals surface area (Å²) in [5.41, 5.74) is 1.39. The van der Waals surface area contributed by atoms with Crippen molar-refractivity contribution in [3.63, 3.8) is 0 Å². The van der Waals surface area contributed by atoms with Crippen LogP contribution in [0.25, 0.3) is 0 Å². The number of methoxy groups -OCH3 is 1. The quantitative estimate of drug-likeness (QED) is 0.882. The second-order valence-corrected chi connectivity index (χ2v) is 5.07. The highest BCUT2D eigenvalue weighted by Crippen LogP contribution is 2.21. The Morgan fingerprint density at radius 3 is 2.59 bits per heavy atom. The average molecular weight is 301 g/mol. The third-order valence-corrected chi connectivity index (χ3v) is 3.68. The summed E-state index contributed by atoms with van der Waals surface area (Å²) in [6, 6.07) is 13.9. The maximum Gasteiger partial charge on any atom is 0.255 e. The summed E-state index contributed by atoms with van der Waals surface area (Å²) in [6.45, 7) is 2.58. The number of carbonyl (C=O) groups is 1. The van der Waals surface area contributed by atoms with Gasteiger partial charge in [0.2, 0.25) is 0 Å². The van der Waals surface area contributed by atoms with Crippen molar-refractivity contribution in [2.45, 2.75) is 19.3 Å². The first-order valence-electron chi connectivity index (χ1n) is 7.32. The predicted octanol–water partition coefficient (Wildman–Crippen LogP) is 3.76. The van der Waals surface area contributed by atoms with E-state index in [9.17, 15) is 9.18 Å². The SMILES string of the molecule is CCC(CNC(=O)c1cc(F)ccc1OC)c1ccccc1. The molecule has 2 aromatic rings. The van der Waals surface area contributed by atoms with E-state index in [1.807, 2.05) is 30.3 Å². The highest BCUT2D eigenvalue weighted by molar-refractivity contribution is 5.96. The van der Waals surface area contributed by atoms with Crippen LogP contribution in [0.1, 0.15) is 35.2 Å². The van der Waals surface area contributed by atoms with Crippen LogP contribution in [-0.2, 0) is 0 Å². The molecule has 2 aromatic carbocycles. The van der Waals surface area contributed by atoms with E-state index < -0.39 is 5.82 Å². The van der Waals surface area contributed by atoms with Crippen molar-refractivity contribution >= 4 is 5.91 Å². The fraction of sp³-hybridized carbons (Fsp3) is 0.278. The Hall–Kier alpha value is -2.36. The molecule has 2 rings (SSSR count). The summed E-state index contributed by atoms with van der Waals surface area (Å²) >= 11 is 0. The Morgan fingerprint density at radius 1 is 1.23 bits per heavy atom. The van der Waals surface area contributed by atoms with Gasteiger partial charge in [0, 0.05) is 12.5 Å². The van der Waals surface area contributed by atoms with Crippen molar-refractivity contribution in [2.24, 2.45) is 0 Å². The summed E-state index contributed by atoms with van der Waals surface area (Å²) in [5, 5.41) is 2.86. The number of hydrogen-bond donors (Lipinski definition) is 1. The fourth-order valence-electron chi connectivity index (χ4n) is 2.39. The molecule has 0 heterocycles.